The van der Waals surface area contributed by atoms with Gasteiger partial charge in [-0.05, 0) is 67.2 Å². The van der Waals surface area contributed by atoms with Gasteiger partial charge in [-0.1, -0.05) is 0 Å². The number of nitrogens with one attached hydrogen (secondary N) is 1. The van der Waals surface area contributed by atoms with E-state index in [2.05, 4.69) is 32.2 Å². The molecule has 1 aliphatic heterocycles. The highest BCUT2D eigenvalue weighted by Crippen LogP contribution is 2.31. The van der Waals surface area contributed by atoms with Gasteiger partial charge in [0.15, 0.2) is 0 Å². The Morgan fingerprint density at radius 2 is 1.82 bits per heavy atom. The van der Waals surface area contributed by atoms with Gasteiger partial charge >= 0.3 is 0 Å². The van der Waals surface area contributed by atoms with Gasteiger partial charge in [-0.15, -0.1) is 0 Å². The molecule has 5 aromatic rings. The molecule has 0 spiro atoms. The van der Waals surface area contributed by atoms with Crippen molar-refractivity contribution in [3.05, 3.63) is 91.0 Å². The molecule has 0 aliphatic carbocycles. The maximum Gasteiger partial charge on any atom is 0.238 e. The van der Waals surface area contributed by atoms with E-state index >= 15 is 0 Å². The summed E-state index contributed by atoms with van der Waals surface area (Å²) in [6.07, 6.45) is 5.26. The predicted octanol–water partition coefficient (Wildman–Crippen LogP) is 4.34. The molecule has 1 amide bonds. The van der Waals surface area contributed by atoms with Crippen molar-refractivity contribution in [3.63, 3.8) is 0 Å². The van der Waals surface area contributed by atoms with E-state index in [4.69, 9.17) is 0 Å². The van der Waals surface area contributed by atoms with Crippen molar-refractivity contribution in [2.75, 3.05) is 45.1 Å². The maximum atomic E-state index is 14.8. The van der Waals surface area contributed by atoms with Crippen LogP contribution in [0.5, 0.6) is 0 Å². The summed E-state index contributed by atoms with van der Waals surface area (Å²) >= 11 is 0. The van der Waals surface area contributed by atoms with Crippen molar-refractivity contribution < 1.29 is 13.6 Å². The zero-order chi connectivity index (χ0) is 26.9. The van der Waals surface area contributed by atoms with E-state index in [1.54, 1.807) is 29.3 Å². The van der Waals surface area contributed by atoms with Crippen LogP contribution in [-0.2, 0) is 4.79 Å². The van der Waals surface area contributed by atoms with Crippen molar-refractivity contribution in [3.8, 4) is 22.5 Å². The molecule has 0 radical (unpaired) electrons. The standard InChI is InChI=1S/C29H27F2N7O/c1-35-9-11-36(12-10-35)18-29(39)34-22-13-20(25-5-3-21(30)15-26(25)31)14-24(16-22)37-19-32-27-17-23(4-6-28(27)37)38-8-2-7-33-38/h2-8,13-17,19H,9-12,18H2,1H3,(H,34,39). The highest BCUT2D eigenvalue weighted by Gasteiger charge is 2.18. The number of benzene rings is 3. The maximum absolute atomic E-state index is 14.8. The smallest absolute Gasteiger partial charge is 0.238 e. The minimum atomic E-state index is -0.679. The summed E-state index contributed by atoms with van der Waals surface area (Å²) in [5.74, 6) is -1.48. The van der Waals surface area contributed by atoms with Crippen LogP contribution in [0.4, 0.5) is 14.5 Å². The summed E-state index contributed by atoms with van der Waals surface area (Å²) in [7, 11) is 2.07. The lowest BCUT2D eigenvalue weighted by Gasteiger charge is -2.31. The quantitative estimate of drug-likeness (QED) is 0.356. The monoisotopic (exact) mass is 527 g/mol. The molecule has 1 aliphatic rings. The lowest BCUT2D eigenvalue weighted by atomic mass is 10.0. The number of halogens is 2. The van der Waals surface area contributed by atoms with Gasteiger partial charge in [0, 0.05) is 61.6 Å². The molecule has 3 heterocycles. The minimum Gasteiger partial charge on any atom is -0.325 e. The molecule has 1 N–H and O–H groups in total. The number of likely N-dealkylation sites (N-methyl/N-ethyl adjacent to an activating group) is 1. The second kappa shape index (κ2) is 10.4. The Kier molecular flexibility index (Phi) is 6.64. The highest BCUT2D eigenvalue weighted by molar-refractivity contribution is 5.93. The largest absolute Gasteiger partial charge is 0.325 e. The topological polar surface area (TPSA) is 71.2 Å². The Morgan fingerprint density at radius 1 is 0.974 bits per heavy atom. The number of imidazole rings is 1. The fourth-order valence-electron chi connectivity index (χ4n) is 4.88. The summed E-state index contributed by atoms with van der Waals surface area (Å²) in [5, 5.41) is 7.26. The number of anilines is 1. The zero-order valence-corrected chi connectivity index (χ0v) is 21.4. The molecule has 10 heteroatoms. The summed E-state index contributed by atoms with van der Waals surface area (Å²) in [4.78, 5) is 21.9. The van der Waals surface area contributed by atoms with Gasteiger partial charge < -0.3 is 10.2 Å². The molecule has 0 bridgehead atoms. The molecule has 198 valence electrons. The molecule has 0 saturated carbocycles. The van der Waals surface area contributed by atoms with Gasteiger partial charge in [0.05, 0.1) is 23.3 Å². The molecular weight excluding hydrogens is 500 g/mol. The lowest BCUT2D eigenvalue weighted by molar-refractivity contribution is -0.117. The number of nitrogens with zero attached hydrogens (tertiary/aromatic N) is 6. The number of carbonyl (C=O) groups excluding carboxylic acids is 1. The summed E-state index contributed by atoms with van der Waals surface area (Å²) < 4.78 is 32.1. The fraction of sp³-hybridized carbons (Fsp3) is 0.207. The molecule has 1 fully saturated rings. The van der Waals surface area contributed by atoms with Crippen LogP contribution in [0.15, 0.2) is 79.4 Å². The van der Waals surface area contributed by atoms with Crippen LogP contribution in [-0.4, -0.2) is 74.8 Å². The number of carbonyl (C=O) groups is 1. The van der Waals surface area contributed by atoms with Crippen molar-refractivity contribution in [1.82, 2.24) is 29.1 Å². The average molecular weight is 528 g/mol. The van der Waals surface area contributed by atoms with E-state index in [1.165, 1.54) is 12.1 Å². The van der Waals surface area contributed by atoms with Crippen LogP contribution in [0.25, 0.3) is 33.5 Å². The van der Waals surface area contributed by atoms with E-state index in [0.29, 0.717) is 16.9 Å². The SMILES string of the molecule is CN1CCN(CC(=O)Nc2cc(-c3ccc(F)cc3F)cc(-n3cnc4cc(-n5cccn5)ccc43)c2)CC1. The van der Waals surface area contributed by atoms with Crippen LogP contribution >= 0.6 is 0 Å². The molecular formula is C29H27F2N7O. The Bertz CT molecular complexity index is 1640. The first kappa shape index (κ1) is 24.9. The number of aromatic nitrogens is 4. The van der Waals surface area contributed by atoms with Crippen LogP contribution in [0, 0.1) is 11.6 Å². The predicted molar refractivity (Wildman–Crippen MR) is 146 cm³/mol. The fourth-order valence-corrected chi connectivity index (χ4v) is 4.88. The third-order valence-electron chi connectivity index (χ3n) is 6.98. The van der Waals surface area contributed by atoms with Crippen molar-refractivity contribution >= 4 is 22.6 Å². The summed E-state index contributed by atoms with van der Waals surface area (Å²) in [6, 6.07) is 16.5. The van der Waals surface area contributed by atoms with Crippen molar-refractivity contribution in [1.29, 1.82) is 0 Å². The summed E-state index contributed by atoms with van der Waals surface area (Å²) in [5.41, 5.74) is 4.39. The Morgan fingerprint density at radius 3 is 2.59 bits per heavy atom. The van der Waals surface area contributed by atoms with Gasteiger partial charge in [-0.3, -0.25) is 14.3 Å². The highest BCUT2D eigenvalue weighted by atomic mass is 19.1. The van der Waals surface area contributed by atoms with Gasteiger partial charge in [-0.25, -0.2) is 18.4 Å². The average Bonchev–Trinajstić information content (AvgIpc) is 3.60. The Balaban J connectivity index is 1.36. The number of piperazine rings is 1. The van der Waals surface area contributed by atoms with Gasteiger partial charge in [0.25, 0.3) is 0 Å². The normalized spacial score (nSPS) is 14.6. The van der Waals surface area contributed by atoms with E-state index < -0.39 is 11.6 Å². The Hall–Kier alpha value is -4.41. The Labute approximate surface area is 224 Å². The van der Waals surface area contributed by atoms with E-state index in [1.807, 2.05) is 41.1 Å². The molecule has 8 nitrogen and oxygen atoms in total. The molecule has 2 aromatic heterocycles. The van der Waals surface area contributed by atoms with Crippen molar-refractivity contribution in [2.45, 2.75) is 0 Å². The number of fused-ring (bicyclic) bond motifs is 1. The second-order valence-corrected chi connectivity index (χ2v) is 9.76. The zero-order valence-electron chi connectivity index (χ0n) is 21.4. The van der Waals surface area contributed by atoms with Crippen LogP contribution in [0.3, 0.4) is 0 Å². The third kappa shape index (κ3) is 5.29. The van der Waals surface area contributed by atoms with Gasteiger partial charge in [0.1, 0.15) is 18.0 Å². The molecule has 6 rings (SSSR count). The number of hydrogen-bond acceptors (Lipinski definition) is 5. The number of amides is 1. The molecule has 3 aromatic carbocycles. The van der Waals surface area contributed by atoms with E-state index in [0.717, 1.165) is 49.0 Å². The number of hydrogen-bond donors (Lipinski definition) is 1. The molecule has 1 saturated heterocycles. The van der Waals surface area contributed by atoms with Crippen LogP contribution in [0.2, 0.25) is 0 Å². The number of rotatable bonds is 6. The first-order valence-corrected chi connectivity index (χ1v) is 12.7. The molecule has 39 heavy (non-hydrogen) atoms. The first-order chi connectivity index (χ1) is 18.9. The molecule has 0 unspecified atom stereocenters. The van der Waals surface area contributed by atoms with Crippen LogP contribution < -0.4 is 5.32 Å². The van der Waals surface area contributed by atoms with E-state index in [-0.39, 0.29) is 18.0 Å². The second-order valence-electron chi connectivity index (χ2n) is 9.76. The summed E-state index contributed by atoms with van der Waals surface area (Å²) in [6.45, 7) is 3.72. The minimum absolute atomic E-state index is 0.151. The van der Waals surface area contributed by atoms with Crippen molar-refractivity contribution in [2.24, 2.45) is 0 Å². The third-order valence-corrected chi connectivity index (χ3v) is 6.98. The van der Waals surface area contributed by atoms with E-state index in [9.17, 15) is 13.6 Å². The first-order valence-electron chi connectivity index (χ1n) is 12.7. The molecule has 0 atom stereocenters. The van der Waals surface area contributed by atoms with Gasteiger partial charge in [-0.2, -0.15) is 5.10 Å². The van der Waals surface area contributed by atoms with Gasteiger partial charge in [0.2, 0.25) is 5.91 Å². The van der Waals surface area contributed by atoms with Crippen LogP contribution in [0.1, 0.15) is 0 Å². The lowest BCUT2D eigenvalue weighted by Crippen LogP contribution is -2.47.